The second-order valence-electron chi connectivity index (χ2n) is 4.64. The Balaban J connectivity index is 2.00. The van der Waals surface area contributed by atoms with Gasteiger partial charge in [0.2, 0.25) is 10.0 Å². The summed E-state index contributed by atoms with van der Waals surface area (Å²) < 4.78 is 25.6. The Kier molecular flexibility index (Phi) is 3.33. The normalized spacial score (nSPS) is 23.1. The fourth-order valence-corrected chi connectivity index (χ4v) is 4.15. The van der Waals surface area contributed by atoms with E-state index in [0.717, 1.165) is 32.1 Å². The minimum atomic E-state index is -3.11. The number of hydrogen-bond donors (Lipinski definition) is 1. The lowest BCUT2D eigenvalue weighted by Crippen LogP contribution is -2.46. The smallest absolute Gasteiger partial charge is 0.214 e. The van der Waals surface area contributed by atoms with Crippen LogP contribution < -0.4 is 0 Å². The Morgan fingerprint density at radius 1 is 1.20 bits per heavy atom. The molecule has 0 aromatic heterocycles. The molecular weight excluding hydrogens is 214 g/mol. The third-order valence-electron chi connectivity index (χ3n) is 3.30. The van der Waals surface area contributed by atoms with Gasteiger partial charge >= 0.3 is 0 Å². The molecule has 88 valence electrons. The Hall–Kier alpha value is -0.130. The van der Waals surface area contributed by atoms with Crippen molar-refractivity contribution in [2.75, 3.05) is 18.9 Å². The number of hydrogen-bond acceptors (Lipinski definition) is 3. The minimum absolute atomic E-state index is 0.0691. The molecule has 0 saturated heterocycles. The van der Waals surface area contributed by atoms with E-state index in [4.69, 9.17) is 5.11 Å². The van der Waals surface area contributed by atoms with Gasteiger partial charge in [0.25, 0.3) is 0 Å². The topological polar surface area (TPSA) is 57.6 Å². The fourth-order valence-electron chi connectivity index (χ4n) is 2.00. The number of sulfonamides is 1. The zero-order chi connectivity index (χ0) is 10.9. The largest absolute Gasteiger partial charge is 0.395 e. The van der Waals surface area contributed by atoms with Crippen molar-refractivity contribution in [2.24, 2.45) is 5.92 Å². The Morgan fingerprint density at radius 2 is 1.87 bits per heavy atom. The van der Waals surface area contributed by atoms with Crippen molar-refractivity contribution < 1.29 is 13.5 Å². The summed E-state index contributed by atoms with van der Waals surface area (Å²) in [6.07, 6.45) is 5.15. The highest BCUT2D eigenvalue weighted by Crippen LogP contribution is 2.33. The van der Waals surface area contributed by atoms with E-state index in [1.54, 1.807) is 0 Å². The molecule has 0 spiro atoms. The Labute approximate surface area is 91.3 Å². The van der Waals surface area contributed by atoms with Crippen molar-refractivity contribution in [1.82, 2.24) is 4.31 Å². The molecule has 1 N–H and O–H groups in total. The quantitative estimate of drug-likeness (QED) is 0.730. The summed E-state index contributed by atoms with van der Waals surface area (Å²) in [5, 5.41) is 8.91. The first-order chi connectivity index (χ1) is 7.13. The van der Waals surface area contributed by atoms with Gasteiger partial charge in [0.1, 0.15) is 0 Å². The maximum atomic E-state index is 12.0. The molecule has 15 heavy (non-hydrogen) atoms. The van der Waals surface area contributed by atoms with Crippen LogP contribution in [0.15, 0.2) is 0 Å². The van der Waals surface area contributed by atoms with E-state index in [0.29, 0.717) is 11.7 Å². The molecule has 0 unspecified atom stereocenters. The second-order valence-corrected chi connectivity index (χ2v) is 6.61. The zero-order valence-corrected chi connectivity index (χ0v) is 9.75. The molecule has 0 heterocycles. The summed E-state index contributed by atoms with van der Waals surface area (Å²) in [5.41, 5.74) is 0. The van der Waals surface area contributed by atoms with Crippen LogP contribution in [0.1, 0.15) is 32.1 Å². The Bertz CT molecular complexity index is 307. The van der Waals surface area contributed by atoms with Gasteiger partial charge in [0, 0.05) is 12.6 Å². The maximum Gasteiger partial charge on any atom is 0.214 e. The van der Waals surface area contributed by atoms with Crippen molar-refractivity contribution in [3.8, 4) is 0 Å². The summed E-state index contributed by atoms with van der Waals surface area (Å²) >= 11 is 0. The lowest BCUT2D eigenvalue weighted by Gasteiger charge is -2.36. The summed E-state index contributed by atoms with van der Waals surface area (Å²) in [6, 6.07) is 0.167. The van der Waals surface area contributed by atoms with Crippen LogP contribution >= 0.6 is 0 Å². The third-order valence-corrected chi connectivity index (χ3v) is 5.39. The molecule has 2 saturated carbocycles. The van der Waals surface area contributed by atoms with E-state index in [1.165, 1.54) is 4.31 Å². The van der Waals surface area contributed by atoms with Gasteiger partial charge in [-0.15, -0.1) is 0 Å². The molecule has 0 aromatic rings. The van der Waals surface area contributed by atoms with Crippen LogP contribution in [0.4, 0.5) is 0 Å². The highest BCUT2D eigenvalue weighted by Gasteiger charge is 2.37. The molecule has 4 nitrogen and oxygen atoms in total. The summed E-state index contributed by atoms with van der Waals surface area (Å²) in [4.78, 5) is 0. The first-order valence-corrected chi connectivity index (χ1v) is 7.35. The highest BCUT2D eigenvalue weighted by molar-refractivity contribution is 7.89. The second kappa shape index (κ2) is 4.39. The van der Waals surface area contributed by atoms with E-state index >= 15 is 0 Å². The van der Waals surface area contributed by atoms with Crippen LogP contribution in [0.2, 0.25) is 0 Å². The molecule has 0 radical (unpaired) electrons. The van der Waals surface area contributed by atoms with Crippen molar-refractivity contribution in [3.63, 3.8) is 0 Å². The van der Waals surface area contributed by atoms with Crippen molar-refractivity contribution in [1.29, 1.82) is 0 Å². The molecule has 2 fully saturated rings. The minimum Gasteiger partial charge on any atom is -0.395 e. The fraction of sp³-hybridized carbons (Fsp3) is 1.00. The summed E-state index contributed by atoms with van der Waals surface area (Å²) in [6.45, 7) is 0.208. The van der Waals surface area contributed by atoms with Crippen LogP contribution in [0.3, 0.4) is 0 Å². The van der Waals surface area contributed by atoms with Crippen molar-refractivity contribution >= 4 is 10.0 Å². The van der Waals surface area contributed by atoms with E-state index in [1.807, 2.05) is 0 Å². The van der Waals surface area contributed by atoms with Gasteiger partial charge < -0.3 is 5.11 Å². The average Bonchev–Trinajstić information content (AvgIpc) is 2.83. The number of rotatable bonds is 6. The van der Waals surface area contributed by atoms with Gasteiger partial charge in [0.05, 0.1) is 12.4 Å². The van der Waals surface area contributed by atoms with Gasteiger partial charge in [-0.1, -0.05) is 6.42 Å². The van der Waals surface area contributed by atoms with E-state index in [9.17, 15) is 8.42 Å². The molecule has 0 atom stereocenters. The standard InChI is InChI=1S/C10H19NO3S/c12-7-6-11(10-2-1-3-10)15(13,14)8-9-4-5-9/h9-10,12H,1-8H2. The van der Waals surface area contributed by atoms with Crippen LogP contribution in [-0.4, -0.2) is 42.8 Å². The van der Waals surface area contributed by atoms with Crippen LogP contribution in [-0.2, 0) is 10.0 Å². The van der Waals surface area contributed by atoms with Crippen molar-refractivity contribution in [2.45, 2.75) is 38.1 Å². The predicted octanol–water partition coefficient (Wildman–Crippen LogP) is 0.573. The zero-order valence-electron chi connectivity index (χ0n) is 8.93. The lowest BCUT2D eigenvalue weighted by atomic mass is 9.93. The molecule has 0 bridgehead atoms. The van der Waals surface area contributed by atoms with Gasteiger partial charge in [0.15, 0.2) is 0 Å². The number of nitrogens with zero attached hydrogens (tertiary/aromatic N) is 1. The molecule has 2 rings (SSSR count). The molecular formula is C10H19NO3S. The lowest BCUT2D eigenvalue weighted by molar-refractivity contribution is 0.178. The van der Waals surface area contributed by atoms with Gasteiger partial charge in [-0.3, -0.25) is 0 Å². The third kappa shape index (κ3) is 2.71. The van der Waals surface area contributed by atoms with Crippen LogP contribution in [0.5, 0.6) is 0 Å². The Morgan fingerprint density at radius 3 is 2.27 bits per heavy atom. The monoisotopic (exact) mass is 233 g/mol. The van der Waals surface area contributed by atoms with Crippen LogP contribution in [0, 0.1) is 5.92 Å². The maximum absolute atomic E-state index is 12.0. The highest BCUT2D eigenvalue weighted by atomic mass is 32.2. The SMILES string of the molecule is O=S(=O)(CC1CC1)N(CCO)C1CCC1. The summed E-state index contributed by atoms with van der Waals surface area (Å²) in [7, 11) is -3.11. The number of aliphatic hydroxyl groups is 1. The van der Waals surface area contributed by atoms with E-state index < -0.39 is 10.0 Å². The van der Waals surface area contributed by atoms with Gasteiger partial charge in [-0.25, -0.2) is 8.42 Å². The first kappa shape index (κ1) is 11.4. The predicted molar refractivity (Wildman–Crippen MR) is 57.9 cm³/mol. The molecule has 0 aromatic carbocycles. The van der Waals surface area contributed by atoms with Gasteiger partial charge in [-0.05, 0) is 31.6 Å². The average molecular weight is 233 g/mol. The molecule has 2 aliphatic carbocycles. The molecule has 0 aliphatic heterocycles. The van der Waals surface area contributed by atoms with E-state index in [2.05, 4.69) is 0 Å². The molecule has 5 heteroatoms. The molecule has 2 aliphatic rings. The van der Waals surface area contributed by atoms with Crippen molar-refractivity contribution in [3.05, 3.63) is 0 Å². The molecule has 0 amide bonds. The summed E-state index contributed by atoms with van der Waals surface area (Å²) in [5.74, 6) is 0.681. The number of aliphatic hydroxyl groups excluding tert-OH is 1. The first-order valence-electron chi connectivity index (χ1n) is 5.74. The van der Waals surface area contributed by atoms with Crippen LogP contribution in [0.25, 0.3) is 0 Å². The van der Waals surface area contributed by atoms with E-state index in [-0.39, 0.29) is 19.2 Å². The van der Waals surface area contributed by atoms with Gasteiger partial charge in [-0.2, -0.15) is 4.31 Å².